The summed E-state index contributed by atoms with van der Waals surface area (Å²) in [6.07, 6.45) is 7.00. The van der Waals surface area contributed by atoms with Crippen molar-refractivity contribution in [3.8, 4) is 0 Å². The molecule has 5 heteroatoms. The fourth-order valence-corrected chi connectivity index (χ4v) is 2.55. The van der Waals surface area contributed by atoms with E-state index in [1.807, 2.05) is 0 Å². The van der Waals surface area contributed by atoms with Crippen LogP contribution in [0.3, 0.4) is 0 Å². The number of esters is 1. The van der Waals surface area contributed by atoms with Gasteiger partial charge in [0.15, 0.2) is 0 Å². The molecule has 0 radical (unpaired) electrons. The van der Waals surface area contributed by atoms with E-state index in [-0.39, 0.29) is 12.1 Å². The molecule has 4 nitrogen and oxygen atoms in total. The van der Waals surface area contributed by atoms with E-state index in [1.165, 1.54) is 12.8 Å². The van der Waals surface area contributed by atoms with E-state index in [1.54, 1.807) is 0 Å². The molecule has 0 saturated heterocycles. The Hall–Kier alpha value is -0.340. The predicted octanol–water partition coefficient (Wildman–Crippen LogP) is 3.49. The van der Waals surface area contributed by atoms with Gasteiger partial charge in [-0.05, 0) is 12.8 Å². The van der Waals surface area contributed by atoms with Gasteiger partial charge in [-0.1, -0.05) is 39.5 Å². The Labute approximate surface area is 118 Å². The molecule has 0 aliphatic rings. The van der Waals surface area contributed by atoms with E-state index in [2.05, 4.69) is 13.8 Å². The van der Waals surface area contributed by atoms with E-state index in [4.69, 9.17) is 9.47 Å². The molecule has 0 aromatic carbocycles. The molecule has 0 rings (SSSR count). The Bertz CT molecular complexity index is 244. The lowest BCUT2D eigenvalue weighted by Gasteiger charge is -2.05. The van der Waals surface area contributed by atoms with Crippen LogP contribution in [0, 0.1) is 0 Å². The summed E-state index contributed by atoms with van der Waals surface area (Å²) in [6.45, 7) is 5.91. The van der Waals surface area contributed by atoms with Crippen LogP contribution in [0.15, 0.2) is 0 Å². The minimum absolute atomic E-state index is 0.0646. The third-order valence-corrected chi connectivity index (χ3v) is 4.21. The third kappa shape index (κ3) is 13.9. The third-order valence-electron chi connectivity index (χ3n) is 2.77. The molecule has 0 aliphatic heterocycles. The van der Waals surface area contributed by atoms with Crippen LogP contribution in [0.4, 0.5) is 0 Å². The van der Waals surface area contributed by atoms with Gasteiger partial charge in [0.2, 0.25) is 0 Å². The monoisotopic (exact) mass is 292 g/mol. The highest BCUT2D eigenvalue weighted by molar-refractivity contribution is 7.45. The molecule has 0 N–H and O–H groups in total. The van der Waals surface area contributed by atoms with Gasteiger partial charge >= 0.3 is 5.97 Å². The number of carbonyl (C=O) groups is 1. The molecule has 0 saturated carbocycles. The molecular formula is C14H29O4P. The van der Waals surface area contributed by atoms with E-state index in [0.29, 0.717) is 19.4 Å². The number of ether oxygens (including phenoxy) is 2. The van der Waals surface area contributed by atoms with Crippen molar-refractivity contribution in [2.24, 2.45) is 0 Å². The molecule has 114 valence electrons. The van der Waals surface area contributed by atoms with Crippen molar-refractivity contribution in [3.05, 3.63) is 0 Å². The molecule has 0 aromatic rings. The van der Waals surface area contributed by atoms with Gasteiger partial charge in [-0.15, -0.1) is 0 Å². The van der Waals surface area contributed by atoms with Crippen molar-refractivity contribution >= 4 is 13.8 Å². The fourth-order valence-electron chi connectivity index (χ4n) is 1.58. The highest BCUT2D eigenvalue weighted by Gasteiger charge is 2.08. The van der Waals surface area contributed by atoms with Crippen LogP contribution < -0.4 is 0 Å². The van der Waals surface area contributed by atoms with Crippen LogP contribution in [0.25, 0.3) is 0 Å². The highest BCUT2D eigenvalue weighted by atomic mass is 31.1. The molecule has 1 unspecified atom stereocenters. The summed E-state index contributed by atoms with van der Waals surface area (Å²) in [5.74, 6) is -0.328. The van der Waals surface area contributed by atoms with Crippen molar-refractivity contribution in [2.75, 3.05) is 32.1 Å². The van der Waals surface area contributed by atoms with Crippen LogP contribution in [0.2, 0.25) is 0 Å². The minimum atomic E-state index is -1.87. The Morgan fingerprint density at radius 2 is 1.58 bits per heavy atom. The number of unbranched alkanes of at least 4 members (excludes halogenated alkanes) is 4. The summed E-state index contributed by atoms with van der Waals surface area (Å²) >= 11 is 0. The Morgan fingerprint density at radius 1 is 0.947 bits per heavy atom. The number of rotatable bonds is 13. The topological polar surface area (TPSA) is 52.6 Å². The quantitative estimate of drug-likeness (QED) is 0.296. The molecule has 0 amide bonds. The molecule has 0 aromatic heterocycles. The summed E-state index contributed by atoms with van der Waals surface area (Å²) in [4.78, 5) is 11.4. The average molecular weight is 292 g/mol. The molecule has 1 atom stereocenters. The first kappa shape index (κ1) is 18.7. The van der Waals surface area contributed by atoms with E-state index >= 15 is 0 Å². The SMILES string of the molecule is CCCCCOCC[PH](=O)CC(=O)OCCCCC. The summed E-state index contributed by atoms with van der Waals surface area (Å²) in [7, 11) is -1.87. The van der Waals surface area contributed by atoms with Crippen LogP contribution in [0.5, 0.6) is 0 Å². The summed E-state index contributed by atoms with van der Waals surface area (Å²) in [5, 5.41) is 0. The van der Waals surface area contributed by atoms with Gasteiger partial charge in [-0.25, -0.2) is 0 Å². The lowest BCUT2D eigenvalue weighted by Crippen LogP contribution is -2.10. The molecule has 0 heterocycles. The Balaban J connectivity index is 3.39. The zero-order valence-electron chi connectivity index (χ0n) is 12.4. The van der Waals surface area contributed by atoms with Gasteiger partial charge in [-0.2, -0.15) is 0 Å². The first-order chi connectivity index (χ1) is 9.20. The van der Waals surface area contributed by atoms with Gasteiger partial charge in [0, 0.05) is 12.8 Å². The average Bonchev–Trinajstić information content (AvgIpc) is 2.39. The standard InChI is InChI=1S/C14H29O4P/c1-3-5-7-9-17-11-12-19(16)13-14(15)18-10-8-6-4-2/h19H,3-13H2,1-2H3. The molecule has 0 fully saturated rings. The number of hydrogen-bond acceptors (Lipinski definition) is 4. The van der Waals surface area contributed by atoms with Gasteiger partial charge in [0.05, 0.1) is 27.2 Å². The number of carbonyl (C=O) groups excluding carboxylic acids is 1. The van der Waals surface area contributed by atoms with E-state index < -0.39 is 7.80 Å². The van der Waals surface area contributed by atoms with Crippen LogP contribution in [-0.4, -0.2) is 38.1 Å². The van der Waals surface area contributed by atoms with Gasteiger partial charge < -0.3 is 14.0 Å². The molecular weight excluding hydrogens is 263 g/mol. The lowest BCUT2D eigenvalue weighted by atomic mass is 10.3. The lowest BCUT2D eigenvalue weighted by molar-refractivity contribution is -0.140. The van der Waals surface area contributed by atoms with Crippen molar-refractivity contribution in [2.45, 2.75) is 52.4 Å². The van der Waals surface area contributed by atoms with Crippen LogP contribution >= 0.6 is 7.80 Å². The first-order valence-electron chi connectivity index (χ1n) is 7.45. The van der Waals surface area contributed by atoms with Gasteiger partial charge in [0.1, 0.15) is 0 Å². The largest absolute Gasteiger partial charge is 0.465 e. The normalized spacial score (nSPS) is 12.3. The van der Waals surface area contributed by atoms with Crippen molar-refractivity contribution in [3.63, 3.8) is 0 Å². The molecule has 0 spiro atoms. The zero-order chi connectivity index (χ0) is 14.3. The maximum absolute atomic E-state index is 11.6. The van der Waals surface area contributed by atoms with E-state index in [0.717, 1.165) is 32.3 Å². The molecule has 19 heavy (non-hydrogen) atoms. The maximum Gasteiger partial charge on any atom is 0.312 e. The summed E-state index contributed by atoms with van der Waals surface area (Å²) in [5.41, 5.74) is 0. The second kappa shape index (κ2) is 14.1. The zero-order valence-corrected chi connectivity index (χ0v) is 13.4. The minimum Gasteiger partial charge on any atom is -0.465 e. The van der Waals surface area contributed by atoms with Gasteiger partial charge in [-0.3, -0.25) is 4.79 Å². The first-order valence-corrected chi connectivity index (χ1v) is 9.28. The highest BCUT2D eigenvalue weighted by Crippen LogP contribution is 2.19. The van der Waals surface area contributed by atoms with Crippen molar-refractivity contribution in [1.29, 1.82) is 0 Å². The Kier molecular flexibility index (Phi) is 13.8. The number of hydrogen-bond donors (Lipinski definition) is 0. The molecule has 0 bridgehead atoms. The van der Waals surface area contributed by atoms with Crippen molar-refractivity contribution < 1.29 is 18.8 Å². The fraction of sp³-hybridized carbons (Fsp3) is 0.929. The smallest absolute Gasteiger partial charge is 0.312 e. The van der Waals surface area contributed by atoms with Gasteiger partial charge in [0.25, 0.3) is 0 Å². The molecule has 0 aliphatic carbocycles. The van der Waals surface area contributed by atoms with Crippen molar-refractivity contribution in [1.82, 2.24) is 0 Å². The van der Waals surface area contributed by atoms with Crippen LogP contribution in [0.1, 0.15) is 52.4 Å². The second-order valence-corrected chi connectivity index (χ2v) is 6.64. The maximum atomic E-state index is 11.6. The summed E-state index contributed by atoms with van der Waals surface area (Å²) < 4.78 is 22.0. The predicted molar refractivity (Wildman–Crippen MR) is 79.6 cm³/mol. The van der Waals surface area contributed by atoms with Crippen LogP contribution in [-0.2, 0) is 18.8 Å². The second-order valence-electron chi connectivity index (χ2n) is 4.71. The Morgan fingerprint density at radius 3 is 2.21 bits per heavy atom. The summed E-state index contributed by atoms with van der Waals surface area (Å²) in [6, 6.07) is 0. The van der Waals surface area contributed by atoms with E-state index in [9.17, 15) is 9.36 Å².